The minimum atomic E-state index is -3.43. The van der Waals surface area contributed by atoms with E-state index in [2.05, 4.69) is 4.72 Å². The lowest BCUT2D eigenvalue weighted by Crippen LogP contribution is -2.61. The fraction of sp³-hybridized carbons (Fsp3) is 0.917. The van der Waals surface area contributed by atoms with E-state index in [1.165, 1.54) is 0 Å². The first-order chi connectivity index (χ1) is 8.35. The smallest absolute Gasteiger partial charge is 0.243 e. The molecule has 1 atom stereocenters. The SMILES string of the molecule is CC(C)(NS(C)(=O)=O)C(=O)N1CCC(N)C(C)(C)C1. The lowest BCUT2D eigenvalue weighted by molar-refractivity contribution is -0.139. The highest BCUT2D eigenvalue weighted by Gasteiger charge is 2.40. The average molecular weight is 291 g/mol. The number of nitrogens with zero attached hydrogens (tertiary/aromatic N) is 1. The van der Waals surface area contributed by atoms with E-state index < -0.39 is 15.6 Å². The Bertz CT molecular complexity index is 457. The minimum absolute atomic E-state index is 0.0579. The van der Waals surface area contributed by atoms with Gasteiger partial charge in [-0.05, 0) is 25.7 Å². The van der Waals surface area contributed by atoms with Gasteiger partial charge in [0.05, 0.1) is 6.26 Å². The lowest BCUT2D eigenvalue weighted by Gasteiger charge is -2.44. The molecular formula is C12H25N3O3S. The number of piperidine rings is 1. The Labute approximate surface area is 115 Å². The fourth-order valence-electron chi connectivity index (χ4n) is 2.45. The van der Waals surface area contributed by atoms with Crippen LogP contribution in [0.5, 0.6) is 0 Å². The van der Waals surface area contributed by atoms with Gasteiger partial charge in [-0.3, -0.25) is 4.79 Å². The molecule has 6 nitrogen and oxygen atoms in total. The topological polar surface area (TPSA) is 92.5 Å². The molecule has 0 saturated carbocycles. The molecule has 1 fully saturated rings. The number of rotatable bonds is 3. The number of hydrogen-bond donors (Lipinski definition) is 2. The highest BCUT2D eigenvalue weighted by atomic mass is 32.2. The monoisotopic (exact) mass is 291 g/mol. The van der Waals surface area contributed by atoms with Crippen molar-refractivity contribution in [3.05, 3.63) is 0 Å². The zero-order valence-corrected chi connectivity index (χ0v) is 13.2. The summed E-state index contributed by atoms with van der Waals surface area (Å²) in [5, 5.41) is 0. The van der Waals surface area contributed by atoms with Crippen molar-refractivity contribution in [2.75, 3.05) is 19.3 Å². The maximum absolute atomic E-state index is 12.5. The Morgan fingerprint density at radius 1 is 1.42 bits per heavy atom. The Morgan fingerprint density at radius 2 is 1.95 bits per heavy atom. The van der Waals surface area contributed by atoms with Gasteiger partial charge in [-0.15, -0.1) is 0 Å². The summed E-state index contributed by atoms with van der Waals surface area (Å²) in [5.41, 5.74) is 4.74. The molecule has 1 aliphatic heterocycles. The molecular weight excluding hydrogens is 266 g/mol. The first-order valence-corrected chi connectivity index (χ1v) is 8.28. The van der Waals surface area contributed by atoms with Gasteiger partial charge in [-0.25, -0.2) is 13.1 Å². The summed E-state index contributed by atoms with van der Waals surface area (Å²) >= 11 is 0. The lowest BCUT2D eigenvalue weighted by atomic mass is 9.79. The van der Waals surface area contributed by atoms with E-state index in [9.17, 15) is 13.2 Å². The van der Waals surface area contributed by atoms with Gasteiger partial charge in [0.25, 0.3) is 0 Å². The van der Waals surface area contributed by atoms with Crippen LogP contribution in [0.15, 0.2) is 0 Å². The summed E-state index contributed by atoms with van der Waals surface area (Å²) in [6, 6.07) is 0.0579. The molecule has 1 saturated heterocycles. The van der Waals surface area contributed by atoms with Gasteiger partial charge in [0, 0.05) is 19.1 Å². The van der Waals surface area contributed by atoms with E-state index in [1.807, 2.05) is 13.8 Å². The highest BCUT2D eigenvalue weighted by molar-refractivity contribution is 7.88. The second kappa shape index (κ2) is 5.03. The molecule has 1 unspecified atom stereocenters. The molecule has 0 aliphatic carbocycles. The van der Waals surface area contributed by atoms with Crippen LogP contribution in [0, 0.1) is 5.41 Å². The molecule has 0 aromatic heterocycles. The Balaban J connectivity index is 2.84. The summed E-state index contributed by atoms with van der Waals surface area (Å²) in [5.74, 6) is -0.210. The van der Waals surface area contributed by atoms with Gasteiger partial charge in [0.2, 0.25) is 15.9 Å². The van der Waals surface area contributed by atoms with E-state index in [4.69, 9.17) is 5.73 Å². The maximum atomic E-state index is 12.5. The van der Waals surface area contributed by atoms with Crippen LogP contribution < -0.4 is 10.5 Å². The quantitative estimate of drug-likeness (QED) is 0.759. The number of hydrogen-bond acceptors (Lipinski definition) is 4. The molecule has 3 N–H and O–H groups in total. The van der Waals surface area contributed by atoms with E-state index in [1.54, 1.807) is 18.7 Å². The van der Waals surface area contributed by atoms with Crippen LogP contribution in [0.3, 0.4) is 0 Å². The summed E-state index contributed by atoms with van der Waals surface area (Å²) in [4.78, 5) is 14.1. The number of sulfonamides is 1. The molecule has 1 rings (SSSR count). The minimum Gasteiger partial charge on any atom is -0.340 e. The second-order valence-corrected chi connectivity index (χ2v) is 8.36. The Morgan fingerprint density at radius 3 is 2.37 bits per heavy atom. The molecule has 1 amide bonds. The van der Waals surface area contributed by atoms with E-state index >= 15 is 0 Å². The Kier molecular flexibility index (Phi) is 4.34. The number of carbonyl (C=O) groups is 1. The van der Waals surface area contributed by atoms with Gasteiger partial charge in [-0.1, -0.05) is 13.8 Å². The number of nitrogens with two attached hydrogens (primary N) is 1. The molecule has 1 heterocycles. The van der Waals surface area contributed by atoms with Gasteiger partial charge in [-0.2, -0.15) is 0 Å². The van der Waals surface area contributed by atoms with Crippen LogP contribution in [-0.4, -0.2) is 50.2 Å². The molecule has 19 heavy (non-hydrogen) atoms. The van der Waals surface area contributed by atoms with Crippen molar-refractivity contribution in [1.29, 1.82) is 0 Å². The average Bonchev–Trinajstić information content (AvgIpc) is 2.17. The number of nitrogens with one attached hydrogen (secondary N) is 1. The largest absolute Gasteiger partial charge is 0.340 e. The van der Waals surface area contributed by atoms with Gasteiger partial charge in [0.1, 0.15) is 5.54 Å². The van der Waals surface area contributed by atoms with Crippen LogP contribution in [0.25, 0.3) is 0 Å². The van der Waals surface area contributed by atoms with Crippen LogP contribution in [-0.2, 0) is 14.8 Å². The van der Waals surface area contributed by atoms with Crippen molar-refractivity contribution < 1.29 is 13.2 Å². The van der Waals surface area contributed by atoms with Gasteiger partial charge in [0.15, 0.2) is 0 Å². The molecule has 1 aliphatic rings. The normalized spacial score (nSPS) is 24.3. The van der Waals surface area contributed by atoms with Crippen LogP contribution >= 0.6 is 0 Å². The highest BCUT2D eigenvalue weighted by Crippen LogP contribution is 2.29. The van der Waals surface area contributed by atoms with Gasteiger partial charge < -0.3 is 10.6 Å². The van der Waals surface area contributed by atoms with Crippen LogP contribution in [0.4, 0.5) is 0 Å². The Hall–Kier alpha value is -0.660. The third-order valence-electron chi connectivity index (χ3n) is 3.57. The second-order valence-electron chi connectivity index (χ2n) is 6.61. The van der Waals surface area contributed by atoms with E-state index in [0.29, 0.717) is 13.1 Å². The van der Waals surface area contributed by atoms with Crippen LogP contribution in [0.2, 0.25) is 0 Å². The van der Waals surface area contributed by atoms with Crippen molar-refractivity contribution in [3.8, 4) is 0 Å². The molecule has 0 spiro atoms. The molecule has 7 heteroatoms. The zero-order valence-electron chi connectivity index (χ0n) is 12.4. The first kappa shape index (κ1) is 16.4. The van der Waals surface area contributed by atoms with Crippen molar-refractivity contribution in [1.82, 2.24) is 9.62 Å². The summed E-state index contributed by atoms with van der Waals surface area (Å²) in [6.45, 7) is 8.32. The third kappa shape index (κ3) is 4.15. The van der Waals surface area contributed by atoms with Crippen molar-refractivity contribution in [2.45, 2.75) is 45.7 Å². The molecule has 0 radical (unpaired) electrons. The fourth-order valence-corrected chi connectivity index (χ4v) is 3.46. The van der Waals surface area contributed by atoms with Crippen LogP contribution in [0.1, 0.15) is 34.1 Å². The van der Waals surface area contributed by atoms with Gasteiger partial charge >= 0.3 is 0 Å². The van der Waals surface area contributed by atoms with E-state index in [0.717, 1.165) is 12.7 Å². The number of carbonyl (C=O) groups excluding carboxylic acids is 1. The summed E-state index contributed by atoms with van der Waals surface area (Å²) < 4.78 is 25.0. The van der Waals surface area contributed by atoms with Crippen molar-refractivity contribution >= 4 is 15.9 Å². The van der Waals surface area contributed by atoms with Crippen molar-refractivity contribution in [2.24, 2.45) is 11.1 Å². The van der Waals surface area contributed by atoms with E-state index in [-0.39, 0.29) is 17.4 Å². The predicted molar refractivity (Wildman–Crippen MR) is 75.0 cm³/mol. The van der Waals surface area contributed by atoms with Crippen molar-refractivity contribution in [3.63, 3.8) is 0 Å². The molecule has 0 bridgehead atoms. The number of amides is 1. The predicted octanol–water partition coefficient (Wildman–Crippen LogP) is -0.1000. The standard InChI is InChI=1S/C12H25N3O3S/c1-11(2)8-15(7-6-9(11)13)10(16)12(3,4)14-19(5,17)18/h9,14H,6-8,13H2,1-5H3. The first-order valence-electron chi connectivity index (χ1n) is 6.39. The summed E-state index contributed by atoms with van der Waals surface area (Å²) in [7, 11) is -3.43. The summed E-state index contributed by atoms with van der Waals surface area (Å²) in [6.07, 6.45) is 1.78. The molecule has 0 aromatic carbocycles. The maximum Gasteiger partial charge on any atom is 0.243 e. The molecule has 0 aromatic rings. The number of likely N-dealkylation sites (tertiary alicyclic amines) is 1. The third-order valence-corrected chi connectivity index (χ3v) is 4.46. The molecule has 112 valence electrons. The zero-order chi connectivity index (χ0) is 15.1.